The number of aliphatic hydroxyl groups excluding tert-OH is 2. The van der Waals surface area contributed by atoms with Gasteiger partial charge in [-0.3, -0.25) is 4.79 Å². The molecule has 6 nitrogen and oxygen atoms in total. The van der Waals surface area contributed by atoms with Gasteiger partial charge in [0.25, 0.3) is 0 Å². The Bertz CT molecular complexity index is 1010. The van der Waals surface area contributed by atoms with Crippen LogP contribution in [0.2, 0.25) is 0 Å². The van der Waals surface area contributed by atoms with Crippen LogP contribution >= 0.6 is 0 Å². The van der Waals surface area contributed by atoms with E-state index in [9.17, 15) is 15.0 Å². The van der Waals surface area contributed by atoms with E-state index in [1.807, 2.05) is 26.0 Å². The summed E-state index contributed by atoms with van der Waals surface area (Å²) in [5.74, 6) is 1.15. The zero-order valence-corrected chi connectivity index (χ0v) is 15.4. The van der Waals surface area contributed by atoms with E-state index in [0.717, 1.165) is 0 Å². The van der Waals surface area contributed by atoms with Gasteiger partial charge in [-0.1, -0.05) is 0 Å². The minimum Gasteiger partial charge on any atom is -0.484 e. The normalized spacial score (nSPS) is 25.2. The Kier molecular flexibility index (Phi) is 3.37. The molecule has 26 heavy (non-hydrogen) atoms. The van der Waals surface area contributed by atoms with Crippen molar-refractivity contribution in [2.75, 3.05) is 0 Å². The lowest BCUT2D eigenvalue weighted by Crippen LogP contribution is -2.49. The van der Waals surface area contributed by atoms with Gasteiger partial charge in [-0.05, 0) is 46.8 Å². The molecule has 0 saturated heterocycles. The van der Waals surface area contributed by atoms with E-state index < -0.39 is 23.4 Å². The molecule has 0 amide bonds. The van der Waals surface area contributed by atoms with Gasteiger partial charge < -0.3 is 24.1 Å². The van der Waals surface area contributed by atoms with Crippen molar-refractivity contribution in [3.05, 3.63) is 39.3 Å². The standard InChI is InChI=1S/C20H22O6/c1-9-8-11(21)12-15-10(6-7-19(2,3)25-15)16-13(17(12)24-9)14(22)18(23)20(4,5)26-16/h6-8,14,18,22-23H,1-5H3. The molecule has 2 unspecified atom stereocenters. The van der Waals surface area contributed by atoms with Crippen LogP contribution in [-0.2, 0) is 0 Å². The predicted molar refractivity (Wildman–Crippen MR) is 96.6 cm³/mol. The van der Waals surface area contributed by atoms with E-state index in [1.54, 1.807) is 20.8 Å². The van der Waals surface area contributed by atoms with Crippen LogP contribution in [-0.4, -0.2) is 27.5 Å². The largest absolute Gasteiger partial charge is 0.484 e. The van der Waals surface area contributed by atoms with Gasteiger partial charge in [-0.2, -0.15) is 0 Å². The zero-order chi connectivity index (χ0) is 19.0. The lowest BCUT2D eigenvalue weighted by Gasteiger charge is -2.42. The highest BCUT2D eigenvalue weighted by molar-refractivity contribution is 5.95. The summed E-state index contributed by atoms with van der Waals surface area (Å²) in [5, 5.41) is 21.5. The summed E-state index contributed by atoms with van der Waals surface area (Å²) in [6.07, 6.45) is 1.27. The van der Waals surface area contributed by atoms with Crippen LogP contribution in [0.25, 0.3) is 17.0 Å². The highest BCUT2D eigenvalue weighted by atomic mass is 16.5. The molecular formula is C20H22O6. The lowest BCUT2D eigenvalue weighted by atomic mass is 9.85. The molecule has 0 spiro atoms. The molecule has 0 fully saturated rings. The number of rotatable bonds is 0. The highest BCUT2D eigenvalue weighted by Crippen LogP contribution is 2.51. The molecule has 0 bridgehead atoms. The summed E-state index contributed by atoms with van der Waals surface area (Å²) in [6.45, 7) is 8.83. The van der Waals surface area contributed by atoms with Crippen molar-refractivity contribution in [3.8, 4) is 11.5 Å². The minimum absolute atomic E-state index is 0.192. The maximum atomic E-state index is 12.7. The quantitative estimate of drug-likeness (QED) is 0.753. The molecule has 4 rings (SSSR count). The fourth-order valence-corrected chi connectivity index (χ4v) is 3.58. The average molecular weight is 358 g/mol. The fraction of sp³-hybridized carbons (Fsp3) is 0.450. The average Bonchev–Trinajstić information content (AvgIpc) is 2.50. The first kappa shape index (κ1) is 17.1. The molecule has 0 aliphatic carbocycles. The van der Waals surface area contributed by atoms with Crippen molar-refractivity contribution in [1.29, 1.82) is 0 Å². The van der Waals surface area contributed by atoms with Gasteiger partial charge in [0.1, 0.15) is 46.1 Å². The number of aryl methyl sites for hydroxylation is 1. The molecule has 2 aromatic rings. The maximum absolute atomic E-state index is 12.7. The van der Waals surface area contributed by atoms with Crippen LogP contribution in [0, 0.1) is 6.92 Å². The second-order valence-electron chi connectivity index (χ2n) is 8.05. The molecule has 2 N–H and O–H groups in total. The van der Waals surface area contributed by atoms with Crippen molar-refractivity contribution < 1.29 is 24.1 Å². The molecule has 0 radical (unpaired) electrons. The van der Waals surface area contributed by atoms with E-state index in [1.165, 1.54) is 6.07 Å². The van der Waals surface area contributed by atoms with Gasteiger partial charge in [0.15, 0.2) is 11.0 Å². The van der Waals surface area contributed by atoms with E-state index >= 15 is 0 Å². The van der Waals surface area contributed by atoms with Gasteiger partial charge in [-0.25, -0.2) is 0 Å². The number of hydrogen-bond donors (Lipinski definition) is 2. The number of ether oxygens (including phenoxy) is 2. The lowest BCUT2D eigenvalue weighted by molar-refractivity contribution is -0.111. The van der Waals surface area contributed by atoms with Gasteiger partial charge >= 0.3 is 0 Å². The van der Waals surface area contributed by atoms with E-state index in [4.69, 9.17) is 13.9 Å². The van der Waals surface area contributed by atoms with Crippen molar-refractivity contribution in [3.63, 3.8) is 0 Å². The Morgan fingerprint density at radius 2 is 1.77 bits per heavy atom. The topological polar surface area (TPSA) is 89.1 Å². The van der Waals surface area contributed by atoms with E-state index in [2.05, 4.69) is 0 Å². The van der Waals surface area contributed by atoms with E-state index in [-0.39, 0.29) is 22.0 Å². The van der Waals surface area contributed by atoms with Crippen molar-refractivity contribution in [2.24, 2.45) is 0 Å². The summed E-state index contributed by atoms with van der Waals surface area (Å²) in [4.78, 5) is 12.7. The summed E-state index contributed by atoms with van der Waals surface area (Å²) in [5.41, 5.74) is -0.842. The summed E-state index contributed by atoms with van der Waals surface area (Å²) in [6, 6.07) is 1.39. The molecule has 138 valence electrons. The Hall–Kier alpha value is -2.31. The molecule has 3 heterocycles. The summed E-state index contributed by atoms with van der Waals surface area (Å²) < 4.78 is 17.9. The van der Waals surface area contributed by atoms with Gasteiger partial charge in [0, 0.05) is 6.07 Å². The number of benzene rings is 1. The van der Waals surface area contributed by atoms with Crippen molar-refractivity contribution in [1.82, 2.24) is 0 Å². The zero-order valence-electron chi connectivity index (χ0n) is 15.4. The van der Waals surface area contributed by atoms with Crippen LogP contribution in [0.15, 0.2) is 21.4 Å². The Balaban J connectivity index is 2.19. The summed E-state index contributed by atoms with van der Waals surface area (Å²) in [7, 11) is 0. The monoisotopic (exact) mass is 358 g/mol. The Morgan fingerprint density at radius 1 is 1.08 bits per heavy atom. The third kappa shape index (κ3) is 2.29. The molecule has 2 aliphatic rings. The molecule has 1 aromatic carbocycles. The van der Waals surface area contributed by atoms with Crippen molar-refractivity contribution in [2.45, 2.75) is 58.0 Å². The molecule has 6 heteroatoms. The van der Waals surface area contributed by atoms with Crippen LogP contribution in [0.3, 0.4) is 0 Å². The first-order valence-corrected chi connectivity index (χ1v) is 8.59. The molecular weight excluding hydrogens is 336 g/mol. The molecule has 0 saturated carbocycles. The third-order valence-electron chi connectivity index (χ3n) is 4.97. The second-order valence-corrected chi connectivity index (χ2v) is 8.05. The first-order valence-electron chi connectivity index (χ1n) is 8.59. The Labute approximate surface area is 150 Å². The van der Waals surface area contributed by atoms with Crippen molar-refractivity contribution >= 4 is 17.0 Å². The second kappa shape index (κ2) is 5.11. The van der Waals surface area contributed by atoms with Gasteiger partial charge in [-0.15, -0.1) is 0 Å². The highest BCUT2D eigenvalue weighted by Gasteiger charge is 2.46. The van der Waals surface area contributed by atoms with Gasteiger partial charge in [0.05, 0.1) is 11.1 Å². The maximum Gasteiger partial charge on any atom is 0.196 e. The first-order chi connectivity index (χ1) is 12.0. The SMILES string of the molecule is Cc1cc(=O)c2c3c(c4c(c2o1)C(O)C(O)C(C)(C)O4)C=CC(C)(C)O3. The Morgan fingerprint density at radius 3 is 2.46 bits per heavy atom. The molecule has 1 aromatic heterocycles. The fourth-order valence-electron chi connectivity index (χ4n) is 3.58. The number of aliphatic hydroxyl groups is 2. The smallest absolute Gasteiger partial charge is 0.196 e. The molecule has 2 aliphatic heterocycles. The summed E-state index contributed by atoms with van der Waals surface area (Å²) >= 11 is 0. The van der Waals surface area contributed by atoms with Gasteiger partial charge in [0.2, 0.25) is 0 Å². The molecule has 2 atom stereocenters. The van der Waals surface area contributed by atoms with E-state index in [0.29, 0.717) is 22.8 Å². The predicted octanol–water partition coefficient (Wildman–Crippen LogP) is 2.85. The third-order valence-corrected chi connectivity index (χ3v) is 4.97. The van der Waals surface area contributed by atoms with Crippen LogP contribution in [0.1, 0.15) is 50.7 Å². The van der Waals surface area contributed by atoms with Crippen LogP contribution < -0.4 is 14.9 Å². The minimum atomic E-state index is -1.25. The number of hydrogen-bond acceptors (Lipinski definition) is 6. The number of fused-ring (bicyclic) bond motifs is 6. The van der Waals surface area contributed by atoms with Crippen LogP contribution in [0.5, 0.6) is 11.5 Å². The van der Waals surface area contributed by atoms with Crippen LogP contribution in [0.4, 0.5) is 0 Å².